The van der Waals surface area contributed by atoms with Gasteiger partial charge in [0.25, 0.3) is 0 Å². The Kier molecular flexibility index (Phi) is 6.38. The zero-order valence-electron chi connectivity index (χ0n) is 18.8. The van der Waals surface area contributed by atoms with Gasteiger partial charge in [0.2, 0.25) is 0 Å². The first kappa shape index (κ1) is 22.0. The number of carbonyl (C=O) groups is 1. The van der Waals surface area contributed by atoms with Crippen LogP contribution >= 0.6 is 0 Å². The van der Waals surface area contributed by atoms with E-state index in [2.05, 4.69) is 14.8 Å². The molecule has 0 bridgehead atoms. The lowest BCUT2D eigenvalue weighted by Crippen LogP contribution is -2.46. The van der Waals surface area contributed by atoms with Crippen LogP contribution in [0.1, 0.15) is 48.0 Å². The minimum Gasteiger partial charge on any atom is -0.478 e. The van der Waals surface area contributed by atoms with Crippen LogP contribution < -0.4 is 0 Å². The van der Waals surface area contributed by atoms with Crippen molar-refractivity contribution in [3.8, 4) is 11.3 Å². The van der Waals surface area contributed by atoms with Gasteiger partial charge in [-0.2, -0.15) is 0 Å². The molecule has 1 N–H and O–H groups in total. The van der Waals surface area contributed by atoms with E-state index in [1.165, 1.54) is 38.4 Å². The van der Waals surface area contributed by atoms with E-state index in [0.29, 0.717) is 29.2 Å². The second-order valence-corrected chi connectivity index (χ2v) is 9.23. The number of nitrogens with zero attached hydrogens (tertiary/aromatic N) is 3. The maximum Gasteiger partial charge on any atom is 0.336 e. The zero-order valence-corrected chi connectivity index (χ0v) is 18.8. The van der Waals surface area contributed by atoms with Crippen LogP contribution in [0.15, 0.2) is 48.5 Å². The number of aromatic carboxylic acids is 1. The highest BCUT2D eigenvalue weighted by molar-refractivity contribution is 6.05. The van der Waals surface area contributed by atoms with Crippen molar-refractivity contribution in [1.82, 2.24) is 14.8 Å². The summed E-state index contributed by atoms with van der Waals surface area (Å²) in [6.07, 6.45) is 6.12. The van der Waals surface area contributed by atoms with E-state index < -0.39 is 11.8 Å². The summed E-state index contributed by atoms with van der Waals surface area (Å²) in [4.78, 5) is 22.1. The number of likely N-dealkylation sites (tertiary alicyclic amines) is 2. The summed E-state index contributed by atoms with van der Waals surface area (Å²) in [5, 5.41) is 10.6. The zero-order chi connectivity index (χ0) is 22.8. The molecule has 0 atom stereocenters. The normalized spacial score (nSPS) is 18.6. The summed E-state index contributed by atoms with van der Waals surface area (Å²) in [6, 6.07) is 14.7. The Balaban J connectivity index is 1.50. The van der Waals surface area contributed by atoms with Gasteiger partial charge in [-0.25, -0.2) is 14.2 Å². The van der Waals surface area contributed by atoms with E-state index in [0.717, 1.165) is 31.5 Å². The first-order chi connectivity index (χ1) is 16.1. The van der Waals surface area contributed by atoms with Crippen LogP contribution in [-0.4, -0.2) is 58.1 Å². The number of hydrogen-bond donors (Lipinski definition) is 1. The molecule has 6 heteroatoms. The molecule has 5 rings (SSSR count). The molecule has 0 saturated carbocycles. The molecule has 3 aromatic rings. The van der Waals surface area contributed by atoms with Gasteiger partial charge in [-0.3, -0.25) is 4.90 Å². The number of piperidine rings is 2. The Morgan fingerprint density at radius 2 is 1.70 bits per heavy atom. The second kappa shape index (κ2) is 9.57. The molecule has 2 aliphatic heterocycles. The van der Waals surface area contributed by atoms with Gasteiger partial charge in [0, 0.05) is 29.1 Å². The van der Waals surface area contributed by atoms with Crippen LogP contribution in [-0.2, 0) is 6.54 Å². The van der Waals surface area contributed by atoms with Crippen molar-refractivity contribution in [3.63, 3.8) is 0 Å². The van der Waals surface area contributed by atoms with Crippen LogP contribution in [0.5, 0.6) is 0 Å². The monoisotopic (exact) mass is 447 g/mol. The van der Waals surface area contributed by atoms with Crippen LogP contribution in [0.25, 0.3) is 22.2 Å². The van der Waals surface area contributed by atoms with E-state index in [4.69, 9.17) is 0 Å². The largest absolute Gasteiger partial charge is 0.478 e. The highest BCUT2D eigenvalue weighted by Gasteiger charge is 2.28. The molecule has 2 aromatic carbocycles. The Bertz CT molecular complexity index is 1140. The van der Waals surface area contributed by atoms with Gasteiger partial charge in [0.15, 0.2) is 0 Å². The molecular weight excluding hydrogens is 417 g/mol. The lowest BCUT2D eigenvalue weighted by Gasteiger charge is -2.40. The third kappa shape index (κ3) is 4.50. The number of para-hydroxylation sites is 1. The number of halogens is 1. The van der Waals surface area contributed by atoms with Crippen LogP contribution in [0.4, 0.5) is 4.39 Å². The van der Waals surface area contributed by atoms with Gasteiger partial charge in [-0.1, -0.05) is 48.9 Å². The SMILES string of the molecule is O=C(O)c1c(CN2CCC(N3CCCCC3)CC2)c(-c2ccccc2)nc2c(F)cccc12. The van der Waals surface area contributed by atoms with Gasteiger partial charge in [-0.15, -0.1) is 0 Å². The molecular formula is C27H30FN3O2. The maximum atomic E-state index is 14.7. The summed E-state index contributed by atoms with van der Waals surface area (Å²) >= 11 is 0. The molecule has 2 saturated heterocycles. The summed E-state index contributed by atoms with van der Waals surface area (Å²) in [6.45, 7) is 4.75. The van der Waals surface area contributed by atoms with Crippen LogP contribution in [0.3, 0.4) is 0 Å². The Morgan fingerprint density at radius 3 is 2.39 bits per heavy atom. The van der Waals surface area contributed by atoms with Crippen molar-refractivity contribution in [2.45, 2.75) is 44.7 Å². The van der Waals surface area contributed by atoms with E-state index in [-0.39, 0.29) is 11.1 Å². The minimum absolute atomic E-state index is 0.112. The lowest BCUT2D eigenvalue weighted by atomic mass is 9.94. The fourth-order valence-electron chi connectivity index (χ4n) is 5.47. The van der Waals surface area contributed by atoms with Crippen molar-refractivity contribution < 1.29 is 14.3 Å². The molecule has 172 valence electrons. The molecule has 3 heterocycles. The summed E-state index contributed by atoms with van der Waals surface area (Å²) in [5.41, 5.74) is 2.31. The molecule has 5 nitrogen and oxygen atoms in total. The standard InChI is InChI=1S/C27H30FN3O2/c28-23-11-7-10-21-24(27(32)33)22(25(29-26(21)23)19-8-3-1-4-9-19)18-30-16-12-20(13-17-30)31-14-5-2-6-15-31/h1,3-4,7-11,20H,2,5-6,12-18H2,(H,32,33). The van der Waals surface area contributed by atoms with Crippen molar-refractivity contribution in [2.24, 2.45) is 0 Å². The molecule has 0 unspecified atom stereocenters. The number of pyridine rings is 1. The summed E-state index contributed by atoms with van der Waals surface area (Å²) < 4.78 is 14.7. The average Bonchev–Trinajstić information content (AvgIpc) is 2.85. The average molecular weight is 448 g/mol. The maximum absolute atomic E-state index is 14.7. The number of benzene rings is 2. The molecule has 0 amide bonds. The topological polar surface area (TPSA) is 56.7 Å². The number of rotatable bonds is 5. The van der Waals surface area contributed by atoms with Gasteiger partial charge >= 0.3 is 5.97 Å². The van der Waals surface area contributed by atoms with E-state index in [1.54, 1.807) is 12.1 Å². The van der Waals surface area contributed by atoms with Gasteiger partial charge in [0.05, 0.1) is 11.3 Å². The van der Waals surface area contributed by atoms with Crippen molar-refractivity contribution in [3.05, 3.63) is 65.5 Å². The number of carboxylic acids is 1. The highest BCUT2D eigenvalue weighted by Crippen LogP contribution is 2.33. The quantitative estimate of drug-likeness (QED) is 0.583. The van der Waals surface area contributed by atoms with Crippen molar-refractivity contribution >= 4 is 16.9 Å². The van der Waals surface area contributed by atoms with Crippen LogP contribution in [0, 0.1) is 5.82 Å². The second-order valence-electron chi connectivity index (χ2n) is 9.23. The first-order valence-corrected chi connectivity index (χ1v) is 12.0. The Morgan fingerprint density at radius 1 is 0.970 bits per heavy atom. The molecule has 1 aromatic heterocycles. The predicted molar refractivity (Wildman–Crippen MR) is 128 cm³/mol. The van der Waals surface area contributed by atoms with E-state index >= 15 is 0 Å². The summed E-state index contributed by atoms with van der Waals surface area (Å²) in [5.74, 6) is -1.54. The number of hydrogen-bond acceptors (Lipinski definition) is 4. The molecule has 0 radical (unpaired) electrons. The molecule has 0 aliphatic carbocycles. The number of carboxylic acid groups (broad SMARTS) is 1. The predicted octanol–water partition coefficient (Wildman–Crippen LogP) is 5.19. The van der Waals surface area contributed by atoms with Crippen molar-refractivity contribution in [1.29, 1.82) is 0 Å². The molecule has 0 spiro atoms. The smallest absolute Gasteiger partial charge is 0.336 e. The fourth-order valence-corrected chi connectivity index (χ4v) is 5.47. The third-order valence-corrected chi connectivity index (χ3v) is 7.17. The summed E-state index contributed by atoms with van der Waals surface area (Å²) in [7, 11) is 0. The van der Waals surface area contributed by atoms with Gasteiger partial charge < -0.3 is 10.0 Å². The highest BCUT2D eigenvalue weighted by atomic mass is 19.1. The van der Waals surface area contributed by atoms with Crippen LogP contribution in [0.2, 0.25) is 0 Å². The number of aromatic nitrogens is 1. The molecule has 2 fully saturated rings. The first-order valence-electron chi connectivity index (χ1n) is 12.0. The number of fused-ring (bicyclic) bond motifs is 1. The Labute approximate surface area is 193 Å². The van der Waals surface area contributed by atoms with Gasteiger partial charge in [-0.05, 0) is 57.9 Å². The Hall–Kier alpha value is -2.83. The van der Waals surface area contributed by atoms with E-state index in [9.17, 15) is 14.3 Å². The van der Waals surface area contributed by atoms with Gasteiger partial charge in [0.1, 0.15) is 11.3 Å². The lowest BCUT2D eigenvalue weighted by molar-refractivity contribution is 0.0692. The van der Waals surface area contributed by atoms with E-state index in [1.807, 2.05) is 30.3 Å². The third-order valence-electron chi connectivity index (χ3n) is 7.17. The fraction of sp³-hybridized carbons (Fsp3) is 0.407. The minimum atomic E-state index is -1.04. The van der Waals surface area contributed by atoms with Crippen molar-refractivity contribution in [2.75, 3.05) is 26.2 Å². The molecule has 2 aliphatic rings. The molecule has 33 heavy (non-hydrogen) atoms.